The van der Waals surface area contributed by atoms with E-state index in [0.29, 0.717) is 21.3 Å². The molecular weight excluding hydrogens is 605 g/mol. The molecule has 0 spiro atoms. The Hall–Kier alpha value is -3.07. The minimum absolute atomic E-state index is 0.000562. The average molecular weight is 645 g/mol. The van der Waals surface area contributed by atoms with Crippen LogP contribution in [-0.4, -0.2) is 43.8 Å². The predicted molar refractivity (Wildman–Crippen MR) is 173 cm³/mol. The Balaban J connectivity index is 1.71. The van der Waals surface area contributed by atoms with Gasteiger partial charge in [0.25, 0.3) is 10.0 Å². The van der Waals surface area contributed by atoms with Gasteiger partial charge in [-0.15, -0.1) is 0 Å². The van der Waals surface area contributed by atoms with E-state index < -0.39 is 28.5 Å². The Bertz CT molecular complexity index is 1570. The van der Waals surface area contributed by atoms with Crippen LogP contribution in [0.1, 0.15) is 61.3 Å². The molecule has 0 bridgehead atoms. The van der Waals surface area contributed by atoms with E-state index in [9.17, 15) is 18.0 Å². The summed E-state index contributed by atoms with van der Waals surface area (Å²) in [5.74, 6) is -0.823. The van der Waals surface area contributed by atoms with Crippen LogP contribution in [0.3, 0.4) is 0 Å². The molecule has 10 heteroatoms. The van der Waals surface area contributed by atoms with E-state index in [0.717, 1.165) is 53.1 Å². The molecule has 1 atom stereocenters. The minimum atomic E-state index is -4.14. The lowest BCUT2D eigenvalue weighted by Crippen LogP contribution is -2.53. The van der Waals surface area contributed by atoms with Gasteiger partial charge in [-0.1, -0.05) is 72.3 Å². The monoisotopic (exact) mass is 643 g/mol. The van der Waals surface area contributed by atoms with Gasteiger partial charge >= 0.3 is 0 Å². The minimum Gasteiger partial charge on any atom is -0.352 e. The molecule has 3 aromatic carbocycles. The molecule has 0 saturated heterocycles. The van der Waals surface area contributed by atoms with Crippen molar-refractivity contribution >= 4 is 50.7 Å². The van der Waals surface area contributed by atoms with Gasteiger partial charge in [0.2, 0.25) is 11.8 Å². The maximum atomic E-state index is 14.2. The number of nitrogens with one attached hydrogen (secondary N) is 1. The molecule has 0 heterocycles. The quantitative estimate of drug-likeness (QED) is 0.258. The smallest absolute Gasteiger partial charge is 0.264 e. The summed E-state index contributed by atoms with van der Waals surface area (Å²) in [6, 6.07) is 15.9. The number of aryl methyl sites for hydroxylation is 3. The standard InChI is InChI=1S/C33H39Cl2N3O4S/c1-22-10-16-30(17-11-22)43(41,42)38(29-15-12-23(2)24(3)18-29)21-32(39)37(20-26-13-14-27(34)19-31(26)35)25(4)33(40)36-28-8-6-5-7-9-28/h10-19,25,28H,5-9,20-21H2,1-4H3,(H,36,40)/t25-/m1/s1. The lowest BCUT2D eigenvalue weighted by molar-refractivity contribution is -0.139. The Morgan fingerprint density at radius 3 is 2.21 bits per heavy atom. The molecule has 0 aliphatic heterocycles. The summed E-state index contributed by atoms with van der Waals surface area (Å²) in [6.45, 7) is 6.86. The van der Waals surface area contributed by atoms with Crippen molar-refractivity contribution in [2.24, 2.45) is 0 Å². The van der Waals surface area contributed by atoms with Crippen molar-refractivity contribution < 1.29 is 18.0 Å². The summed E-state index contributed by atoms with van der Waals surface area (Å²) in [6.07, 6.45) is 5.02. The first-order chi connectivity index (χ1) is 20.4. The van der Waals surface area contributed by atoms with Crippen LogP contribution >= 0.6 is 23.2 Å². The Labute approximate surface area is 265 Å². The number of carbonyl (C=O) groups is 2. The molecule has 0 aromatic heterocycles. The summed E-state index contributed by atoms with van der Waals surface area (Å²) >= 11 is 12.6. The zero-order valence-corrected chi connectivity index (χ0v) is 27.4. The van der Waals surface area contributed by atoms with E-state index in [1.165, 1.54) is 17.0 Å². The van der Waals surface area contributed by atoms with Crippen LogP contribution in [-0.2, 0) is 26.2 Å². The van der Waals surface area contributed by atoms with Crippen LogP contribution in [0.2, 0.25) is 10.0 Å². The van der Waals surface area contributed by atoms with Crippen molar-refractivity contribution in [2.45, 2.75) is 83.3 Å². The zero-order valence-electron chi connectivity index (χ0n) is 25.1. The van der Waals surface area contributed by atoms with Gasteiger partial charge in [0.1, 0.15) is 12.6 Å². The van der Waals surface area contributed by atoms with Crippen LogP contribution in [0, 0.1) is 20.8 Å². The highest BCUT2D eigenvalue weighted by molar-refractivity contribution is 7.92. The Kier molecular flexibility index (Phi) is 10.8. The third kappa shape index (κ3) is 8.11. The molecule has 2 amide bonds. The van der Waals surface area contributed by atoms with Gasteiger partial charge in [-0.2, -0.15) is 0 Å². The van der Waals surface area contributed by atoms with Gasteiger partial charge in [0.15, 0.2) is 0 Å². The van der Waals surface area contributed by atoms with E-state index in [2.05, 4.69) is 5.32 Å². The largest absolute Gasteiger partial charge is 0.352 e. The van der Waals surface area contributed by atoms with Crippen LogP contribution in [0.25, 0.3) is 0 Å². The topological polar surface area (TPSA) is 86.8 Å². The first-order valence-electron chi connectivity index (χ1n) is 14.6. The van der Waals surface area contributed by atoms with Crippen LogP contribution in [0.5, 0.6) is 0 Å². The summed E-state index contributed by atoms with van der Waals surface area (Å²) in [5, 5.41) is 3.90. The number of hydrogen-bond donors (Lipinski definition) is 1. The highest BCUT2D eigenvalue weighted by Crippen LogP contribution is 2.28. The molecule has 0 radical (unpaired) electrons. The van der Waals surface area contributed by atoms with Crippen LogP contribution in [0.4, 0.5) is 5.69 Å². The number of anilines is 1. The van der Waals surface area contributed by atoms with Gasteiger partial charge in [-0.3, -0.25) is 13.9 Å². The number of benzene rings is 3. The van der Waals surface area contributed by atoms with Gasteiger partial charge in [-0.25, -0.2) is 8.42 Å². The van der Waals surface area contributed by atoms with Gasteiger partial charge in [0.05, 0.1) is 10.6 Å². The zero-order chi connectivity index (χ0) is 31.3. The van der Waals surface area contributed by atoms with E-state index >= 15 is 0 Å². The number of nitrogens with zero attached hydrogens (tertiary/aromatic N) is 2. The summed E-state index contributed by atoms with van der Waals surface area (Å²) in [5.41, 5.74) is 3.75. The van der Waals surface area contributed by atoms with Crippen molar-refractivity contribution in [1.29, 1.82) is 0 Å². The second-order valence-electron chi connectivity index (χ2n) is 11.4. The molecule has 1 aliphatic carbocycles. The fraction of sp³-hybridized carbons (Fsp3) is 0.394. The number of halogens is 2. The van der Waals surface area contributed by atoms with E-state index in [4.69, 9.17) is 23.2 Å². The second kappa shape index (κ2) is 14.1. The van der Waals surface area contributed by atoms with E-state index in [1.807, 2.05) is 26.8 Å². The third-order valence-electron chi connectivity index (χ3n) is 8.14. The summed E-state index contributed by atoms with van der Waals surface area (Å²) in [4.78, 5) is 29.1. The molecule has 4 rings (SSSR count). The number of hydrogen-bond acceptors (Lipinski definition) is 4. The van der Waals surface area contributed by atoms with E-state index in [-0.39, 0.29) is 23.4 Å². The second-order valence-corrected chi connectivity index (χ2v) is 14.1. The van der Waals surface area contributed by atoms with Crippen molar-refractivity contribution in [3.63, 3.8) is 0 Å². The summed E-state index contributed by atoms with van der Waals surface area (Å²) in [7, 11) is -4.14. The number of sulfonamides is 1. The Morgan fingerprint density at radius 1 is 0.907 bits per heavy atom. The fourth-order valence-corrected chi connectivity index (χ4v) is 7.11. The lowest BCUT2D eigenvalue weighted by Gasteiger charge is -2.33. The normalized spacial score (nSPS) is 14.7. The predicted octanol–water partition coefficient (Wildman–Crippen LogP) is 6.98. The molecule has 1 N–H and O–H groups in total. The SMILES string of the molecule is Cc1ccc(S(=O)(=O)N(CC(=O)N(Cc2ccc(Cl)cc2Cl)[C@H](C)C(=O)NC2CCCCC2)c2ccc(C)c(C)c2)cc1. The van der Waals surface area contributed by atoms with Crippen molar-refractivity contribution in [1.82, 2.24) is 10.2 Å². The molecule has 0 unspecified atom stereocenters. The highest BCUT2D eigenvalue weighted by Gasteiger charge is 2.33. The molecule has 3 aromatic rings. The van der Waals surface area contributed by atoms with Crippen molar-refractivity contribution in [3.05, 3.63) is 93.0 Å². The summed E-state index contributed by atoms with van der Waals surface area (Å²) < 4.78 is 29.2. The maximum absolute atomic E-state index is 14.2. The number of rotatable bonds is 10. The molecule has 230 valence electrons. The van der Waals surface area contributed by atoms with Gasteiger partial charge in [-0.05, 0) is 93.6 Å². The lowest BCUT2D eigenvalue weighted by atomic mass is 9.95. The fourth-order valence-electron chi connectivity index (χ4n) is 5.23. The van der Waals surface area contributed by atoms with Gasteiger partial charge in [0, 0.05) is 22.6 Å². The first kappa shape index (κ1) is 32.8. The molecule has 1 fully saturated rings. The number of carbonyl (C=O) groups excluding carboxylic acids is 2. The molecule has 1 saturated carbocycles. The van der Waals surface area contributed by atoms with Gasteiger partial charge < -0.3 is 10.2 Å². The highest BCUT2D eigenvalue weighted by atomic mass is 35.5. The third-order valence-corrected chi connectivity index (χ3v) is 10.5. The molecule has 7 nitrogen and oxygen atoms in total. The van der Waals surface area contributed by atoms with Crippen molar-refractivity contribution in [3.8, 4) is 0 Å². The molecule has 1 aliphatic rings. The van der Waals surface area contributed by atoms with Crippen LogP contribution < -0.4 is 9.62 Å². The van der Waals surface area contributed by atoms with E-state index in [1.54, 1.807) is 49.4 Å². The van der Waals surface area contributed by atoms with Crippen molar-refractivity contribution in [2.75, 3.05) is 10.8 Å². The average Bonchev–Trinajstić information content (AvgIpc) is 2.97. The number of amides is 2. The Morgan fingerprint density at radius 2 is 1.58 bits per heavy atom. The molecular formula is C33H39Cl2N3O4S. The van der Waals surface area contributed by atoms with Crippen LogP contribution in [0.15, 0.2) is 65.6 Å². The maximum Gasteiger partial charge on any atom is 0.264 e. The first-order valence-corrected chi connectivity index (χ1v) is 16.8. The molecule has 43 heavy (non-hydrogen) atoms.